The Kier molecular flexibility index (Phi) is 6.23. The lowest BCUT2D eigenvalue weighted by Crippen LogP contribution is -1.94. The zero-order valence-corrected chi connectivity index (χ0v) is 14.9. The van der Waals surface area contributed by atoms with Crippen molar-refractivity contribution in [3.8, 4) is 23.0 Å². The minimum Gasteiger partial charge on any atom is -0.508 e. The maximum atomic E-state index is 9.50. The number of hydrogen-bond acceptors (Lipinski definition) is 4. The third kappa shape index (κ3) is 4.73. The molecule has 0 bridgehead atoms. The lowest BCUT2D eigenvalue weighted by Gasteiger charge is -2.11. The fourth-order valence-corrected chi connectivity index (χ4v) is 2.79. The summed E-state index contributed by atoms with van der Waals surface area (Å²) in [5.74, 6) is 1.21. The minimum atomic E-state index is -0.00132. The van der Waals surface area contributed by atoms with Crippen molar-refractivity contribution < 1.29 is 19.7 Å². The zero-order chi connectivity index (χ0) is 17.7. The van der Waals surface area contributed by atoms with Crippen LogP contribution in [0.15, 0.2) is 41.4 Å². The zero-order valence-electron chi connectivity index (χ0n) is 13.3. The van der Waals surface area contributed by atoms with Gasteiger partial charge in [0.2, 0.25) is 0 Å². The largest absolute Gasteiger partial charge is 0.508 e. The molecule has 6 heteroatoms. The summed E-state index contributed by atoms with van der Waals surface area (Å²) in [6.45, 7) is 0. The van der Waals surface area contributed by atoms with E-state index in [2.05, 4.69) is 0 Å². The van der Waals surface area contributed by atoms with E-state index in [9.17, 15) is 10.2 Å². The fraction of sp³-hybridized carbons (Fsp3) is 0.222. The Hall–Kier alpha value is -2.04. The Morgan fingerprint density at radius 1 is 1.00 bits per heavy atom. The lowest BCUT2D eigenvalue weighted by molar-refractivity contribution is 0.400. The van der Waals surface area contributed by atoms with E-state index in [0.717, 1.165) is 11.1 Å². The van der Waals surface area contributed by atoms with Crippen LogP contribution in [0, 0.1) is 0 Å². The highest BCUT2D eigenvalue weighted by molar-refractivity contribution is 6.32. The lowest BCUT2D eigenvalue weighted by atomic mass is 10.1. The van der Waals surface area contributed by atoms with Crippen LogP contribution < -0.4 is 9.47 Å². The molecule has 0 aromatic heterocycles. The van der Waals surface area contributed by atoms with Crippen LogP contribution in [0.25, 0.3) is 0 Å². The molecule has 0 saturated carbocycles. The van der Waals surface area contributed by atoms with E-state index in [0.29, 0.717) is 34.4 Å². The monoisotopic (exact) mass is 368 g/mol. The standard InChI is InChI=1S/C18H18Cl2O4/c1-23-17-10-16(20)18(24-2)8-12(17)3-4-13(19)5-11-6-14(21)9-15(22)7-11/h4,6-10,21-22H,3,5H2,1-2H3/b13-4+. The number of benzene rings is 2. The van der Waals surface area contributed by atoms with Gasteiger partial charge in [-0.25, -0.2) is 0 Å². The number of halogens is 2. The molecule has 4 nitrogen and oxygen atoms in total. The molecule has 2 N–H and O–H groups in total. The molecule has 0 amide bonds. The molecule has 0 aliphatic heterocycles. The van der Waals surface area contributed by atoms with Crippen molar-refractivity contribution >= 4 is 23.2 Å². The molecule has 24 heavy (non-hydrogen) atoms. The fourth-order valence-electron chi connectivity index (χ4n) is 2.33. The van der Waals surface area contributed by atoms with Gasteiger partial charge >= 0.3 is 0 Å². The molecule has 0 aliphatic rings. The molecule has 0 heterocycles. The summed E-state index contributed by atoms with van der Waals surface area (Å²) in [5.41, 5.74) is 1.60. The van der Waals surface area contributed by atoms with E-state index in [1.54, 1.807) is 32.4 Å². The number of aromatic hydroxyl groups is 2. The average Bonchev–Trinajstić information content (AvgIpc) is 2.52. The quantitative estimate of drug-likeness (QED) is 0.777. The topological polar surface area (TPSA) is 58.9 Å². The predicted octanol–water partition coefficient (Wildman–Crippen LogP) is 4.68. The molecule has 128 valence electrons. The van der Waals surface area contributed by atoms with Crippen LogP contribution in [-0.4, -0.2) is 24.4 Å². The molecular formula is C18H18Cl2O4. The smallest absolute Gasteiger partial charge is 0.138 e. The minimum absolute atomic E-state index is 0.00132. The van der Waals surface area contributed by atoms with Crippen molar-refractivity contribution in [2.24, 2.45) is 0 Å². The number of ether oxygens (including phenoxy) is 2. The predicted molar refractivity (Wildman–Crippen MR) is 95.7 cm³/mol. The van der Waals surface area contributed by atoms with Gasteiger partial charge in [0.1, 0.15) is 23.0 Å². The van der Waals surface area contributed by atoms with Gasteiger partial charge < -0.3 is 19.7 Å². The number of allylic oxidation sites excluding steroid dienone is 2. The van der Waals surface area contributed by atoms with Gasteiger partial charge in [-0.3, -0.25) is 0 Å². The number of phenolic OH excluding ortho intramolecular Hbond substituents is 2. The van der Waals surface area contributed by atoms with Crippen LogP contribution >= 0.6 is 23.2 Å². The van der Waals surface area contributed by atoms with E-state index in [4.69, 9.17) is 32.7 Å². The van der Waals surface area contributed by atoms with Crippen molar-refractivity contribution in [3.05, 3.63) is 57.6 Å². The van der Waals surface area contributed by atoms with Crippen LogP contribution in [0.2, 0.25) is 5.02 Å². The normalized spacial score (nSPS) is 11.4. The van der Waals surface area contributed by atoms with Crippen LogP contribution in [0.1, 0.15) is 11.1 Å². The van der Waals surface area contributed by atoms with Crippen molar-refractivity contribution in [2.45, 2.75) is 12.8 Å². The summed E-state index contributed by atoms with van der Waals surface area (Å²) in [4.78, 5) is 0. The highest BCUT2D eigenvalue weighted by Gasteiger charge is 2.09. The number of phenols is 2. The van der Waals surface area contributed by atoms with E-state index in [1.807, 2.05) is 12.1 Å². The Labute approximate surface area is 150 Å². The van der Waals surface area contributed by atoms with E-state index in [-0.39, 0.29) is 11.5 Å². The first-order valence-electron chi connectivity index (χ1n) is 7.19. The summed E-state index contributed by atoms with van der Waals surface area (Å²) in [6, 6.07) is 7.89. The van der Waals surface area contributed by atoms with Crippen molar-refractivity contribution in [2.75, 3.05) is 14.2 Å². The molecule has 2 aromatic carbocycles. The van der Waals surface area contributed by atoms with Crippen molar-refractivity contribution in [3.63, 3.8) is 0 Å². The van der Waals surface area contributed by atoms with Gasteiger partial charge in [0.05, 0.1) is 19.2 Å². The number of methoxy groups -OCH3 is 2. The third-order valence-corrected chi connectivity index (χ3v) is 4.02. The maximum Gasteiger partial charge on any atom is 0.138 e. The van der Waals surface area contributed by atoms with Crippen LogP contribution in [0.5, 0.6) is 23.0 Å². The molecule has 2 aromatic rings. The maximum absolute atomic E-state index is 9.50. The van der Waals surface area contributed by atoms with Gasteiger partial charge in [-0.05, 0) is 30.2 Å². The molecular weight excluding hydrogens is 351 g/mol. The molecule has 2 rings (SSSR count). The van der Waals surface area contributed by atoms with E-state index >= 15 is 0 Å². The Balaban J connectivity index is 2.17. The third-order valence-electron chi connectivity index (χ3n) is 3.43. The SMILES string of the molecule is COc1cc(C/C=C(/Cl)Cc2cc(O)cc(O)c2)c(OC)cc1Cl. The molecule has 0 radical (unpaired) electrons. The van der Waals surface area contributed by atoms with Gasteiger partial charge in [-0.2, -0.15) is 0 Å². The van der Waals surface area contributed by atoms with E-state index < -0.39 is 0 Å². The Bertz CT molecular complexity index is 737. The van der Waals surface area contributed by atoms with Gasteiger partial charge in [-0.15, -0.1) is 0 Å². The van der Waals surface area contributed by atoms with Gasteiger partial charge in [-0.1, -0.05) is 29.3 Å². The van der Waals surface area contributed by atoms with Gasteiger partial charge in [0.25, 0.3) is 0 Å². The molecule has 0 unspecified atom stereocenters. The summed E-state index contributed by atoms with van der Waals surface area (Å²) >= 11 is 12.4. The highest BCUT2D eigenvalue weighted by Crippen LogP contribution is 2.33. The highest BCUT2D eigenvalue weighted by atomic mass is 35.5. The Morgan fingerprint density at radius 3 is 2.21 bits per heavy atom. The Morgan fingerprint density at radius 2 is 1.62 bits per heavy atom. The molecule has 0 saturated heterocycles. The second kappa shape index (κ2) is 8.18. The second-order valence-corrected chi connectivity index (χ2v) is 6.08. The molecule has 0 spiro atoms. The summed E-state index contributed by atoms with van der Waals surface area (Å²) < 4.78 is 10.5. The first-order valence-corrected chi connectivity index (χ1v) is 7.95. The van der Waals surface area contributed by atoms with Gasteiger partial charge in [0, 0.05) is 29.1 Å². The summed E-state index contributed by atoms with van der Waals surface area (Å²) in [7, 11) is 3.12. The number of hydrogen-bond donors (Lipinski definition) is 2. The summed E-state index contributed by atoms with van der Waals surface area (Å²) in [5, 5.41) is 20.1. The van der Waals surface area contributed by atoms with Crippen LogP contribution in [0.3, 0.4) is 0 Å². The molecule has 0 fully saturated rings. The van der Waals surface area contributed by atoms with Crippen molar-refractivity contribution in [1.29, 1.82) is 0 Å². The molecule has 0 atom stereocenters. The summed E-state index contributed by atoms with van der Waals surface area (Å²) in [6.07, 6.45) is 2.77. The second-order valence-electron chi connectivity index (χ2n) is 5.19. The van der Waals surface area contributed by atoms with Crippen LogP contribution in [-0.2, 0) is 12.8 Å². The number of rotatable bonds is 6. The first kappa shape index (κ1) is 18.3. The van der Waals surface area contributed by atoms with Gasteiger partial charge in [0.15, 0.2) is 0 Å². The van der Waals surface area contributed by atoms with E-state index in [1.165, 1.54) is 6.07 Å². The van der Waals surface area contributed by atoms with Crippen LogP contribution in [0.4, 0.5) is 0 Å². The average molecular weight is 369 g/mol. The first-order chi connectivity index (χ1) is 11.4. The molecule has 0 aliphatic carbocycles. The van der Waals surface area contributed by atoms with Crippen molar-refractivity contribution in [1.82, 2.24) is 0 Å².